The number of hydrogen-bond donors (Lipinski definition) is 0. The van der Waals surface area contributed by atoms with Crippen LogP contribution in [0.3, 0.4) is 0 Å². The SMILES string of the molecule is [2H]c1cc(C(=O)OC)cc([2H])[n+]1[O-]. The average molecular weight is 155 g/mol. The molecule has 1 aromatic heterocycles. The number of pyridine rings is 1. The van der Waals surface area contributed by atoms with Crippen LogP contribution < -0.4 is 4.73 Å². The highest BCUT2D eigenvalue weighted by Crippen LogP contribution is 1.96. The van der Waals surface area contributed by atoms with Gasteiger partial charge in [-0.3, -0.25) is 0 Å². The molecule has 0 aliphatic heterocycles. The topological polar surface area (TPSA) is 53.2 Å². The van der Waals surface area contributed by atoms with Crippen LogP contribution in [0.5, 0.6) is 0 Å². The van der Waals surface area contributed by atoms with E-state index >= 15 is 0 Å². The maximum Gasteiger partial charge on any atom is 0.338 e. The standard InChI is InChI=1S/C7H7NO3/c1-11-7(9)6-2-4-8(10)5-3-6/h2-5H,1H3/i4D,5D. The van der Waals surface area contributed by atoms with Crippen molar-refractivity contribution in [2.75, 3.05) is 7.11 Å². The molecule has 0 N–H and O–H groups in total. The van der Waals surface area contributed by atoms with E-state index in [9.17, 15) is 10.0 Å². The van der Waals surface area contributed by atoms with Crippen LogP contribution in [0.15, 0.2) is 24.5 Å². The lowest BCUT2D eigenvalue weighted by Gasteiger charge is -1.97. The summed E-state index contributed by atoms with van der Waals surface area (Å²) in [6.07, 6.45) is -0.902. The van der Waals surface area contributed by atoms with Gasteiger partial charge in [0.2, 0.25) is 0 Å². The van der Waals surface area contributed by atoms with Crippen LogP contribution in [-0.4, -0.2) is 13.1 Å². The Morgan fingerprint density at radius 2 is 2.27 bits per heavy atom. The van der Waals surface area contributed by atoms with E-state index < -0.39 is 18.3 Å². The lowest BCUT2D eigenvalue weighted by Crippen LogP contribution is -2.24. The van der Waals surface area contributed by atoms with Crippen LogP contribution in [0, 0.1) is 5.21 Å². The molecule has 1 aromatic rings. The molecule has 4 heteroatoms. The molecule has 0 fully saturated rings. The van der Waals surface area contributed by atoms with Crippen LogP contribution in [0.2, 0.25) is 0 Å². The van der Waals surface area contributed by atoms with Gasteiger partial charge in [-0.2, -0.15) is 4.73 Å². The van der Waals surface area contributed by atoms with Crippen molar-refractivity contribution in [2.24, 2.45) is 0 Å². The molecule has 0 amide bonds. The highest BCUT2D eigenvalue weighted by molar-refractivity contribution is 5.88. The van der Waals surface area contributed by atoms with E-state index in [0.717, 1.165) is 12.1 Å². The summed E-state index contributed by atoms with van der Waals surface area (Å²) in [7, 11) is 1.19. The average Bonchev–Trinajstić information content (AvgIpc) is 2.12. The fourth-order valence-corrected chi connectivity index (χ4v) is 0.571. The minimum atomic E-state index is -0.664. The van der Waals surface area contributed by atoms with Gasteiger partial charge in [0, 0.05) is 12.1 Å². The van der Waals surface area contributed by atoms with E-state index in [1.165, 1.54) is 7.11 Å². The molecule has 0 radical (unpaired) electrons. The number of aromatic nitrogens is 1. The number of nitrogens with zero attached hydrogens (tertiary/aromatic N) is 1. The summed E-state index contributed by atoms with van der Waals surface area (Å²) in [6.45, 7) is 0. The smallest absolute Gasteiger partial charge is 0.338 e. The van der Waals surface area contributed by atoms with Gasteiger partial charge in [-0.25, -0.2) is 4.79 Å². The molecule has 0 aromatic carbocycles. The Balaban J connectivity index is 3.20. The monoisotopic (exact) mass is 155 g/mol. The van der Waals surface area contributed by atoms with Gasteiger partial charge >= 0.3 is 5.97 Å². The molecule has 1 heterocycles. The van der Waals surface area contributed by atoms with Crippen LogP contribution in [-0.2, 0) is 4.74 Å². The molecule has 0 bridgehead atoms. The highest BCUT2D eigenvalue weighted by atomic mass is 16.5. The lowest BCUT2D eigenvalue weighted by molar-refractivity contribution is -0.605. The minimum absolute atomic E-state index is 0.0320. The zero-order valence-electron chi connectivity index (χ0n) is 7.83. The summed E-state index contributed by atoms with van der Waals surface area (Å²) in [6, 6.07) is 2.10. The largest absolute Gasteiger partial charge is 0.619 e. The van der Waals surface area contributed by atoms with E-state index in [-0.39, 0.29) is 10.3 Å². The molecule has 4 nitrogen and oxygen atoms in total. The van der Waals surface area contributed by atoms with Crippen molar-refractivity contribution >= 4 is 5.97 Å². The van der Waals surface area contributed by atoms with Crippen molar-refractivity contribution in [3.63, 3.8) is 0 Å². The number of hydrogen-bond acceptors (Lipinski definition) is 3. The van der Waals surface area contributed by atoms with E-state index in [0.29, 0.717) is 0 Å². The number of carbonyl (C=O) groups excluding carboxylic acids is 1. The fraction of sp³-hybridized carbons (Fsp3) is 0.143. The number of esters is 1. The summed E-state index contributed by atoms with van der Waals surface area (Å²) in [4.78, 5) is 10.9. The molecule has 0 saturated heterocycles. The number of methoxy groups -OCH3 is 1. The van der Waals surface area contributed by atoms with E-state index in [2.05, 4.69) is 4.74 Å². The summed E-state index contributed by atoms with van der Waals surface area (Å²) >= 11 is 0. The summed E-state index contributed by atoms with van der Waals surface area (Å²) < 4.78 is 18.7. The summed E-state index contributed by atoms with van der Waals surface area (Å²) in [5.74, 6) is -0.664. The van der Waals surface area contributed by atoms with Gasteiger partial charge in [-0.1, -0.05) is 0 Å². The van der Waals surface area contributed by atoms with Gasteiger partial charge in [0.25, 0.3) is 0 Å². The molecular weight excluding hydrogens is 146 g/mol. The first-order chi connectivity index (χ1) is 6.06. The fourth-order valence-electron chi connectivity index (χ4n) is 0.571. The van der Waals surface area contributed by atoms with Crippen molar-refractivity contribution in [1.29, 1.82) is 0 Å². The van der Waals surface area contributed by atoms with Gasteiger partial charge in [0.15, 0.2) is 12.3 Å². The second kappa shape index (κ2) is 3.01. The van der Waals surface area contributed by atoms with E-state index in [1.54, 1.807) is 0 Å². The molecule has 0 atom stereocenters. The first-order valence-electron chi connectivity index (χ1n) is 3.85. The molecule has 0 spiro atoms. The zero-order valence-corrected chi connectivity index (χ0v) is 5.83. The Morgan fingerprint density at radius 1 is 1.73 bits per heavy atom. The predicted molar refractivity (Wildman–Crippen MR) is 36.7 cm³/mol. The molecule has 11 heavy (non-hydrogen) atoms. The predicted octanol–water partition coefficient (Wildman–Crippen LogP) is 0.107. The maximum absolute atomic E-state index is 10.9. The Hall–Kier alpha value is -1.58. The molecular formula is C7H7NO3. The van der Waals surface area contributed by atoms with Crippen molar-refractivity contribution in [1.82, 2.24) is 0 Å². The van der Waals surface area contributed by atoms with Crippen molar-refractivity contribution < 1.29 is 17.0 Å². The zero-order chi connectivity index (χ0) is 10.0. The van der Waals surface area contributed by atoms with E-state index in [1.807, 2.05) is 0 Å². The molecule has 0 aliphatic rings. The number of carbonyl (C=O) groups is 1. The molecule has 0 saturated carbocycles. The normalized spacial score (nSPS) is 11.7. The third-order valence-electron chi connectivity index (χ3n) is 1.10. The van der Waals surface area contributed by atoms with Gasteiger partial charge in [0.1, 0.15) is 2.74 Å². The number of rotatable bonds is 1. The third-order valence-corrected chi connectivity index (χ3v) is 1.10. The van der Waals surface area contributed by atoms with E-state index in [4.69, 9.17) is 2.74 Å². The van der Waals surface area contributed by atoms with Crippen LogP contribution >= 0.6 is 0 Å². The van der Waals surface area contributed by atoms with Gasteiger partial charge in [-0.15, -0.1) is 0 Å². The highest BCUT2D eigenvalue weighted by Gasteiger charge is 2.04. The summed E-state index contributed by atoms with van der Waals surface area (Å²) in [5, 5.41) is 10.8. The van der Waals surface area contributed by atoms with Gasteiger partial charge in [-0.05, 0) is 0 Å². The quantitative estimate of drug-likeness (QED) is 0.328. The van der Waals surface area contributed by atoms with Crippen molar-refractivity contribution in [2.45, 2.75) is 0 Å². The Bertz CT molecular complexity index is 331. The molecule has 1 rings (SSSR count). The van der Waals surface area contributed by atoms with Crippen LogP contribution in [0.4, 0.5) is 0 Å². The minimum Gasteiger partial charge on any atom is -0.619 e. The Kier molecular flexibility index (Phi) is 1.40. The lowest BCUT2D eigenvalue weighted by atomic mass is 10.3. The molecule has 58 valence electrons. The van der Waals surface area contributed by atoms with Gasteiger partial charge in [0.05, 0.1) is 12.7 Å². The van der Waals surface area contributed by atoms with Gasteiger partial charge < -0.3 is 9.94 Å². The molecule has 0 aliphatic carbocycles. The maximum atomic E-state index is 10.9. The first kappa shape index (κ1) is 5.12. The second-order valence-corrected chi connectivity index (χ2v) is 1.79. The van der Waals surface area contributed by atoms with Crippen LogP contribution in [0.1, 0.15) is 13.1 Å². The first-order valence-corrected chi connectivity index (χ1v) is 2.85. The second-order valence-electron chi connectivity index (χ2n) is 1.79. The van der Waals surface area contributed by atoms with Crippen molar-refractivity contribution in [3.05, 3.63) is 35.2 Å². The van der Waals surface area contributed by atoms with Crippen LogP contribution in [0.25, 0.3) is 0 Å². The van der Waals surface area contributed by atoms with Crippen molar-refractivity contribution in [3.8, 4) is 0 Å². The molecule has 0 unspecified atom stereocenters. The summed E-state index contributed by atoms with van der Waals surface area (Å²) in [5.41, 5.74) is 0.0320. The Morgan fingerprint density at radius 3 is 2.73 bits per heavy atom. The Labute approximate surface area is 66.4 Å². The third kappa shape index (κ3) is 1.67. The number of ether oxygens (including phenoxy) is 1.